The third-order valence-electron chi connectivity index (χ3n) is 4.82. The monoisotopic (exact) mass is 369 g/mol. The van der Waals surface area contributed by atoms with Crippen LogP contribution in [-0.2, 0) is 11.2 Å². The summed E-state index contributed by atoms with van der Waals surface area (Å²) in [4.78, 5) is 16.7. The van der Waals surface area contributed by atoms with E-state index in [-0.39, 0.29) is 12.1 Å². The van der Waals surface area contributed by atoms with Crippen LogP contribution < -0.4 is 10.2 Å². The van der Waals surface area contributed by atoms with E-state index in [9.17, 15) is 4.79 Å². The van der Waals surface area contributed by atoms with Gasteiger partial charge in [0.1, 0.15) is 0 Å². The molecule has 0 heterocycles. The topological polar surface area (TPSA) is 44.8 Å². The van der Waals surface area contributed by atoms with Crippen molar-refractivity contribution in [1.29, 1.82) is 0 Å². The number of ether oxygens (including phenoxy) is 1. The van der Waals surface area contributed by atoms with E-state index in [1.165, 1.54) is 5.56 Å². The molecule has 0 radical (unpaired) electrons. The summed E-state index contributed by atoms with van der Waals surface area (Å²) in [6, 6.07) is 18.3. The van der Waals surface area contributed by atoms with Crippen molar-refractivity contribution in [2.24, 2.45) is 0 Å². The van der Waals surface area contributed by atoms with Crippen molar-refractivity contribution in [3.63, 3.8) is 0 Å². The predicted molar refractivity (Wildman–Crippen MR) is 113 cm³/mol. The highest BCUT2D eigenvalue weighted by molar-refractivity contribution is 5.90. The Morgan fingerprint density at radius 3 is 2.41 bits per heavy atom. The van der Waals surface area contributed by atoms with Gasteiger partial charge in [0.25, 0.3) is 0 Å². The number of likely N-dealkylation sites (N-methyl/N-ethyl adjacent to an activating group) is 1. The van der Waals surface area contributed by atoms with E-state index in [0.717, 1.165) is 17.8 Å². The number of benzene rings is 2. The van der Waals surface area contributed by atoms with Gasteiger partial charge < -0.3 is 19.9 Å². The van der Waals surface area contributed by atoms with Crippen LogP contribution >= 0.6 is 0 Å². The van der Waals surface area contributed by atoms with Crippen LogP contribution in [0.4, 0.5) is 16.2 Å². The summed E-state index contributed by atoms with van der Waals surface area (Å²) in [6.45, 7) is 4.75. The van der Waals surface area contributed by atoms with Crippen molar-refractivity contribution in [2.75, 3.05) is 38.0 Å². The molecule has 0 aliphatic heterocycles. The maximum atomic E-state index is 12.8. The van der Waals surface area contributed by atoms with Crippen LogP contribution in [0.1, 0.15) is 19.4 Å². The Kier molecular flexibility index (Phi) is 7.67. The van der Waals surface area contributed by atoms with Gasteiger partial charge >= 0.3 is 6.03 Å². The zero-order valence-electron chi connectivity index (χ0n) is 17.0. The molecule has 1 N–H and O–H groups in total. The summed E-state index contributed by atoms with van der Waals surface area (Å²) >= 11 is 0. The van der Waals surface area contributed by atoms with E-state index in [1.54, 1.807) is 12.0 Å². The number of carbonyl (C=O) groups excluding carboxylic acids is 1. The van der Waals surface area contributed by atoms with Crippen LogP contribution in [0.5, 0.6) is 0 Å². The van der Waals surface area contributed by atoms with E-state index < -0.39 is 0 Å². The van der Waals surface area contributed by atoms with Gasteiger partial charge in [-0.15, -0.1) is 0 Å². The summed E-state index contributed by atoms with van der Waals surface area (Å²) in [6.07, 6.45) is 0.745. The first-order chi connectivity index (χ1) is 12.9. The molecule has 0 saturated heterocycles. The molecule has 2 aromatic rings. The smallest absolute Gasteiger partial charge is 0.321 e. The Morgan fingerprint density at radius 2 is 1.78 bits per heavy atom. The quantitative estimate of drug-likeness (QED) is 0.756. The Balaban J connectivity index is 2.07. The molecule has 0 unspecified atom stereocenters. The normalized spacial score (nSPS) is 11.9. The first kappa shape index (κ1) is 20.8. The highest BCUT2D eigenvalue weighted by Crippen LogP contribution is 2.20. The maximum absolute atomic E-state index is 12.8. The third-order valence-corrected chi connectivity index (χ3v) is 4.82. The Bertz CT molecular complexity index is 719. The van der Waals surface area contributed by atoms with Crippen molar-refractivity contribution >= 4 is 17.4 Å². The van der Waals surface area contributed by atoms with Crippen LogP contribution in [0.15, 0.2) is 54.6 Å². The number of amides is 2. The van der Waals surface area contributed by atoms with Gasteiger partial charge in [0.15, 0.2) is 0 Å². The van der Waals surface area contributed by atoms with Gasteiger partial charge in [-0.25, -0.2) is 4.79 Å². The standard InChI is InChI=1S/C22H31N3O2/c1-17(2)24(3)20-13-9-12-19(15-20)23-22(26)25(4)21(16-27-5)14-18-10-7-6-8-11-18/h6-13,15,17,21H,14,16H2,1-5H3,(H,23,26)/t21-/m0/s1. The molecule has 0 saturated carbocycles. The van der Waals surface area contributed by atoms with Gasteiger partial charge in [-0.05, 0) is 44.0 Å². The van der Waals surface area contributed by atoms with Gasteiger partial charge in [-0.1, -0.05) is 36.4 Å². The van der Waals surface area contributed by atoms with Crippen LogP contribution in [0.3, 0.4) is 0 Å². The second-order valence-electron chi connectivity index (χ2n) is 7.09. The zero-order chi connectivity index (χ0) is 19.8. The molecule has 0 spiro atoms. The second kappa shape index (κ2) is 9.97. The molecule has 27 heavy (non-hydrogen) atoms. The number of carbonyl (C=O) groups is 1. The largest absolute Gasteiger partial charge is 0.383 e. The average molecular weight is 370 g/mol. The van der Waals surface area contributed by atoms with Crippen molar-refractivity contribution in [2.45, 2.75) is 32.4 Å². The predicted octanol–water partition coefficient (Wildman–Crippen LogP) is 4.25. The number of rotatable bonds is 8. The Labute approximate surface area is 162 Å². The molecule has 2 aromatic carbocycles. The average Bonchev–Trinajstić information content (AvgIpc) is 2.67. The lowest BCUT2D eigenvalue weighted by Gasteiger charge is -2.28. The molecule has 5 nitrogen and oxygen atoms in total. The molecular formula is C22H31N3O2. The summed E-state index contributed by atoms with van der Waals surface area (Å²) in [5.41, 5.74) is 3.04. The molecule has 2 rings (SSSR count). The molecular weight excluding hydrogens is 338 g/mol. The van der Waals surface area contributed by atoms with Crippen LogP contribution in [0.25, 0.3) is 0 Å². The van der Waals surface area contributed by atoms with Gasteiger partial charge in [-0.2, -0.15) is 0 Å². The fraction of sp³-hybridized carbons (Fsp3) is 0.409. The minimum Gasteiger partial charge on any atom is -0.383 e. The van der Waals surface area contributed by atoms with Gasteiger partial charge in [0, 0.05) is 38.6 Å². The third kappa shape index (κ3) is 6.00. The zero-order valence-corrected chi connectivity index (χ0v) is 17.0. The SMILES string of the molecule is COC[C@H](Cc1ccccc1)N(C)C(=O)Nc1cccc(N(C)C(C)C)c1. The molecule has 0 aliphatic rings. The molecule has 0 fully saturated rings. The maximum Gasteiger partial charge on any atom is 0.321 e. The highest BCUT2D eigenvalue weighted by Gasteiger charge is 2.20. The molecule has 0 bridgehead atoms. The first-order valence-corrected chi connectivity index (χ1v) is 9.32. The van der Waals surface area contributed by atoms with Crippen molar-refractivity contribution in [3.8, 4) is 0 Å². The summed E-state index contributed by atoms with van der Waals surface area (Å²) in [5.74, 6) is 0. The molecule has 1 atom stereocenters. The lowest BCUT2D eigenvalue weighted by molar-refractivity contribution is 0.120. The molecule has 0 aliphatic carbocycles. The van der Waals surface area contributed by atoms with Crippen molar-refractivity contribution < 1.29 is 9.53 Å². The Hall–Kier alpha value is -2.53. The number of nitrogens with zero attached hydrogens (tertiary/aromatic N) is 2. The minimum absolute atomic E-state index is 0.0427. The highest BCUT2D eigenvalue weighted by atomic mass is 16.5. The van der Waals surface area contributed by atoms with E-state index in [0.29, 0.717) is 12.6 Å². The number of urea groups is 1. The van der Waals surface area contributed by atoms with E-state index >= 15 is 0 Å². The molecule has 146 valence electrons. The number of nitrogens with one attached hydrogen (secondary N) is 1. The van der Waals surface area contributed by atoms with Crippen LogP contribution in [-0.4, -0.2) is 50.8 Å². The van der Waals surface area contributed by atoms with Crippen LogP contribution in [0.2, 0.25) is 0 Å². The second-order valence-corrected chi connectivity index (χ2v) is 7.09. The van der Waals surface area contributed by atoms with Crippen LogP contribution in [0, 0.1) is 0 Å². The van der Waals surface area contributed by atoms with Gasteiger partial charge in [-0.3, -0.25) is 0 Å². The van der Waals surface area contributed by atoms with E-state index in [2.05, 4.69) is 36.2 Å². The van der Waals surface area contributed by atoms with Gasteiger partial charge in [0.05, 0.1) is 12.6 Å². The van der Waals surface area contributed by atoms with Crippen molar-refractivity contribution in [3.05, 3.63) is 60.2 Å². The van der Waals surface area contributed by atoms with E-state index in [4.69, 9.17) is 4.74 Å². The molecule has 2 amide bonds. The number of hydrogen-bond donors (Lipinski definition) is 1. The number of anilines is 2. The summed E-state index contributed by atoms with van der Waals surface area (Å²) in [5, 5.41) is 3.01. The lowest BCUT2D eigenvalue weighted by Crippen LogP contribution is -2.43. The minimum atomic E-state index is -0.141. The van der Waals surface area contributed by atoms with Crippen molar-refractivity contribution in [1.82, 2.24) is 4.90 Å². The number of hydrogen-bond acceptors (Lipinski definition) is 3. The summed E-state index contributed by atoms with van der Waals surface area (Å²) in [7, 11) is 5.52. The molecule has 0 aromatic heterocycles. The summed E-state index contributed by atoms with van der Waals surface area (Å²) < 4.78 is 5.35. The van der Waals surface area contributed by atoms with E-state index in [1.807, 2.05) is 56.6 Å². The Morgan fingerprint density at radius 1 is 1.07 bits per heavy atom. The number of methoxy groups -OCH3 is 1. The fourth-order valence-electron chi connectivity index (χ4n) is 2.86. The fourth-order valence-corrected chi connectivity index (χ4v) is 2.86. The lowest BCUT2D eigenvalue weighted by atomic mass is 10.1. The van der Waals surface area contributed by atoms with Gasteiger partial charge in [0.2, 0.25) is 0 Å². The molecule has 5 heteroatoms. The first-order valence-electron chi connectivity index (χ1n) is 9.32.